The predicted molar refractivity (Wildman–Crippen MR) is 267 cm³/mol. The highest BCUT2D eigenvalue weighted by molar-refractivity contribution is 7.93. The molecule has 416 valence electrons. The van der Waals surface area contributed by atoms with Gasteiger partial charge in [0.1, 0.15) is 73.2 Å². The fraction of sp³-hybridized carbons (Fsp3) is 0.345. The highest BCUT2D eigenvalue weighted by Crippen LogP contribution is 2.40. The molecular weight excluding hydrogens is 1070 g/mol. The molecule has 1 unspecified atom stereocenters. The smallest absolute Gasteiger partial charge is 0.357 e. The molecule has 6 heterocycles. The maximum absolute atomic E-state index is 14.3. The summed E-state index contributed by atoms with van der Waals surface area (Å²) in [7, 11) is 0. The van der Waals surface area contributed by atoms with Crippen molar-refractivity contribution in [2.45, 2.75) is 77.6 Å². The van der Waals surface area contributed by atoms with Gasteiger partial charge in [0.05, 0.1) is 19.8 Å². The summed E-state index contributed by atoms with van der Waals surface area (Å²) in [6.45, 7) is 3.30. The van der Waals surface area contributed by atoms with Gasteiger partial charge in [-0.2, -0.15) is 3.89 Å². The van der Waals surface area contributed by atoms with Crippen LogP contribution in [0.5, 0.6) is 17.6 Å². The summed E-state index contributed by atoms with van der Waals surface area (Å²) in [6, 6.07) is 13.7. The lowest BCUT2D eigenvalue weighted by atomic mass is 9.94. The average molecular weight is 1120 g/mol. The van der Waals surface area contributed by atoms with Crippen LogP contribution < -0.4 is 14.2 Å². The molecule has 6 aromatic rings. The van der Waals surface area contributed by atoms with Gasteiger partial charge in [0.25, 0.3) is 0 Å². The first kappa shape index (κ1) is 59.8. The quantitative estimate of drug-likeness (QED) is 0.0651. The van der Waals surface area contributed by atoms with Crippen LogP contribution in [0.25, 0.3) is 33.4 Å². The fourth-order valence-corrected chi connectivity index (χ4v) is 8.33. The summed E-state index contributed by atoms with van der Waals surface area (Å²) in [4.78, 5) is 48.4. The van der Waals surface area contributed by atoms with E-state index in [-0.39, 0.29) is 83.4 Å². The van der Waals surface area contributed by atoms with Gasteiger partial charge in [-0.15, -0.1) is 0 Å². The van der Waals surface area contributed by atoms with Gasteiger partial charge in [-0.3, -0.25) is 0 Å². The normalized spacial score (nSPS) is 15.7. The van der Waals surface area contributed by atoms with Gasteiger partial charge in [-0.25, -0.2) is 68.8 Å². The third kappa shape index (κ3) is 14.8. The molecular formula is C55H51F10N3O9S. The van der Waals surface area contributed by atoms with Crippen molar-refractivity contribution >= 4 is 30.1 Å². The summed E-state index contributed by atoms with van der Waals surface area (Å²) in [5.41, 5.74) is 2.91. The van der Waals surface area contributed by atoms with E-state index >= 15 is 0 Å². The summed E-state index contributed by atoms with van der Waals surface area (Å²) >= 11 is 0.250. The van der Waals surface area contributed by atoms with E-state index < -0.39 is 91.1 Å². The molecule has 0 spiro atoms. The maximum atomic E-state index is 14.3. The third-order valence-corrected chi connectivity index (χ3v) is 11.9. The van der Waals surface area contributed by atoms with Crippen LogP contribution in [0.4, 0.5) is 43.4 Å². The second kappa shape index (κ2) is 28.3. The highest BCUT2D eigenvalue weighted by atomic mass is 32.2. The molecule has 0 N–H and O–H groups in total. The molecule has 0 radical (unpaired) electrons. The molecule has 3 aromatic heterocycles. The van der Waals surface area contributed by atoms with E-state index in [0.717, 1.165) is 36.4 Å². The molecule has 3 aliphatic heterocycles. The Bertz CT molecular complexity index is 2780. The Kier molecular flexibility index (Phi) is 21.7. The van der Waals surface area contributed by atoms with Gasteiger partial charge in [0.2, 0.25) is 17.6 Å². The van der Waals surface area contributed by atoms with Crippen LogP contribution in [-0.2, 0) is 33.5 Å². The standard InChI is InChI=1S/3C18H16F3NO3.CH3FS/c3*1-2-24-18(23)16-8-14(12-5-3-10(20)7-15(12)21)13-6-4-11(9-19)25-17(13)22-16;1-3-2/h3*3,5,7-8,11H,2,4,6,9H2,1H3;1H3/t2*11-;;/m10../s1. The van der Waals surface area contributed by atoms with Crippen molar-refractivity contribution in [2.24, 2.45) is 0 Å². The number of esters is 3. The van der Waals surface area contributed by atoms with Crippen LogP contribution in [0.3, 0.4) is 0 Å². The number of benzene rings is 3. The van der Waals surface area contributed by atoms with Crippen LogP contribution in [0.1, 0.15) is 88.2 Å². The van der Waals surface area contributed by atoms with E-state index in [1.54, 1.807) is 20.8 Å². The van der Waals surface area contributed by atoms with Crippen LogP contribution >= 0.6 is 12.1 Å². The van der Waals surface area contributed by atoms with Crippen molar-refractivity contribution in [1.29, 1.82) is 0 Å². The number of nitrogens with zero attached hydrogens (tertiary/aromatic N) is 3. The van der Waals surface area contributed by atoms with E-state index in [4.69, 9.17) is 28.4 Å². The minimum atomic E-state index is -0.768. The van der Waals surface area contributed by atoms with Crippen molar-refractivity contribution in [3.63, 3.8) is 0 Å². The molecule has 78 heavy (non-hydrogen) atoms. The second-order valence-corrected chi connectivity index (χ2v) is 17.3. The Hall–Kier alpha value is -7.43. The number of halogens is 10. The van der Waals surface area contributed by atoms with Crippen molar-refractivity contribution in [3.05, 3.63) is 141 Å². The van der Waals surface area contributed by atoms with Gasteiger partial charge >= 0.3 is 17.9 Å². The van der Waals surface area contributed by atoms with Gasteiger partial charge < -0.3 is 28.4 Å². The molecule has 3 atom stereocenters. The fourth-order valence-electron chi connectivity index (χ4n) is 8.33. The lowest BCUT2D eigenvalue weighted by Crippen LogP contribution is -2.26. The van der Waals surface area contributed by atoms with Gasteiger partial charge in [0, 0.05) is 70.0 Å². The molecule has 0 amide bonds. The Morgan fingerprint density at radius 3 is 0.949 bits per heavy atom. The maximum Gasteiger partial charge on any atom is 0.357 e. The molecule has 0 fully saturated rings. The number of ether oxygens (including phenoxy) is 6. The topological polar surface area (TPSA) is 145 Å². The number of fused-ring (bicyclic) bond motifs is 3. The number of alkyl halides is 3. The van der Waals surface area contributed by atoms with E-state index in [9.17, 15) is 57.8 Å². The summed E-state index contributed by atoms with van der Waals surface area (Å²) < 4.78 is 163. The van der Waals surface area contributed by atoms with Crippen LogP contribution in [-0.4, -0.2) is 97.3 Å². The minimum Gasteiger partial charge on any atom is -0.471 e. The van der Waals surface area contributed by atoms with Crippen LogP contribution in [0, 0.1) is 34.9 Å². The number of aromatic nitrogens is 3. The first-order chi connectivity index (χ1) is 37.5. The molecule has 0 saturated heterocycles. The monoisotopic (exact) mass is 1120 g/mol. The van der Waals surface area contributed by atoms with E-state index in [1.165, 1.54) is 42.7 Å². The number of pyridine rings is 3. The minimum absolute atomic E-state index is 0.0705. The van der Waals surface area contributed by atoms with Crippen LogP contribution in [0.2, 0.25) is 0 Å². The molecule has 0 saturated carbocycles. The van der Waals surface area contributed by atoms with Crippen LogP contribution in [0.15, 0.2) is 72.8 Å². The Labute approximate surface area is 446 Å². The third-order valence-electron chi connectivity index (χ3n) is 11.9. The SMILES string of the molecule is CCOC(=O)c1cc(-c2ccc(F)cc2F)c2c(n1)OC(CF)CC2.CCOC(=O)c1cc(-c2ccc(F)cc2F)c2c(n1)O[C@@H](CF)CC2.CCOC(=O)c1cc(-c2ccc(F)cc2F)c2c(n1)O[C@H](CF)CC2.CSF. The number of rotatable bonds is 12. The van der Waals surface area contributed by atoms with Crippen molar-refractivity contribution < 1.29 is 86.2 Å². The lowest BCUT2D eigenvalue weighted by Gasteiger charge is -2.25. The number of hydrogen-bond acceptors (Lipinski definition) is 13. The zero-order valence-corrected chi connectivity index (χ0v) is 43.2. The van der Waals surface area contributed by atoms with Crippen molar-refractivity contribution in [3.8, 4) is 51.0 Å². The van der Waals surface area contributed by atoms with Crippen molar-refractivity contribution in [2.75, 3.05) is 46.1 Å². The Balaban J connectivity index is 0.000000184. The molecule has 3 aromatic carbocycles. The van der Waals surface area contributed by atoms with E-state index in [1.807, 2.05) is 0 Å². The van der Waals surface area contributed by atoms with Gasteiger partial charge in [-0.1, -0.05) is 0 Å². The Morgan fingerprint density at radius 1 is 0.474 bits per heavy atom. The second-order valence-electron chi connectivity index (χ2n) is 17.0. The number of hydrogen-bond donors (Lipinski definition) is 0. The van der Waals surface area contributed by atoms with Gasteiger partial charge in [-0.05, 0) is 131 Å². The lowest BCUT2D eigenvalue weighted by molar-refractivity contribution is 0.0507. The van der Waals surface area contributed by atoms with Crippen molar-refractivity contribution in [1.82, 2.24) is 15.0 Å². The summed E-state index contributed by atoms with van der Waals surface area (Å²) in [6.07, 6.45) is 1.82. The largest absolute Gasteiger partial charge is 0.471 e. The average Bonchev–Trinajstić information content (AvgIpc) is 3.43. The zero-order chi connectivity index (χ0) is 56.6. The number of carbonyl (C=O) groups excluding carboxylic acids is 3. The highest BCUT2D eigenvalue weighted by Gasteiger charge is 2.31. The zero-order valence-electron chi connectivity index (χ0n) is 42.3. The van der Waals surface area contributed by atoms with E-state index in [0.29, 0.717) is 71.9 Å². The molecule has 9 rings (SSSR count). The van der Waals surface area contributed by atoms with Gasteiger partial charge in [0.15, 0.2) is 17.1 Å². The molecule has 0 bridgehead atoms. The first-order valence-corrected chi connectivity index (χ1v) is 25.5. The Morgan fingerprint density at radius 2 is 0.731 bits per heavy atom. The summed E-state index contributed by atoms with van der Waals surface area (Å²) in [5.74, 6) is -6.26. The molecule has 0 aliphatic carbocycles. The molecule has 23 heteroatoms. The predicted octanol–water partition coefficient (Wildman–Crippen LogP) is 12.8. The first-order valence-electron chi connectivity index (χ1n) is 24.3. The number of carbonyl (C=O) groups is 3. The summed E-state index contributed by atoms with van der Waals surface area (Å²) in [5, 5.41) is 0. The molecule has 3 aliphatic rings. The molecule has 12 nitrogen and oxygen atoms in total. The van der Waals surface area contributed by atoms with E-state index in [2.05, 4.69) is 15.0 Å².